The molecule has 1 aromatic carbocycles. The summed E-state index contributed by atoms with van der Waals surface area (Å²) in [5.41, 5.74) is 3.04. The van der Waals surface area contributed by atoms with E-state index in [4.69, 9.17) is 10.00 Å². The highest BCUT2D eigenvalue weighted by atomic mass is 16.5. The summed E-state index contributed by atoms with van der Waals surface area (Å²) >= 11 is 0. The van der Waals surface area contributed by atoms with Crippen LogP contribution in [0.4, 0.5) is 5.69 Å². The van der Waals surface area contributed by atoms with Gasteiger partial charge in [-0.05, 0) is 23.8 Å². The average molecular weight is 347 g/mol. The fourth-order valence-corrected chi connectivity index (χ4v) is 2.51. The molecule has 0 spiro atoms. The quantitative estimate of drug-likeness (QED) is 0.689. The molecule has 0 saturated carbocycles. The number of benzene rings is 1. The Morgan fingerprint density at radius 1 is 1.31 bits per heavy atom. The number of anilines is 1. The Hall–Kier alpha value is -3.66. The second kappa shape index (κ2) is 7.94. The summed E-state index contributed by atoms with van der Waals surface area (Å²) < 4.78 is 6.63. The van der Waals surface area contributed by atoms with Gasteiger partial charge in [-0.2, -0.15) is 10.4 Å². The van der Waals surface area contributed by atoms with E-state index in [9.17, 15) is 4.79 Å². The summed E-state index contributed by atoms with van der Waals surface area (Å²) in [4.78, 5) is 16.2. The molecule has 0 aliphatic rings. The van der Waals surface area contributed by atoms with E-state index < -0.39 is 12.0 Å². The number of rotatable bonds is 6. The van der Waals surface area contributed by atoms with Gasteiger partial charge in [-0.15, -0.1) is 0 Å². The second-order valence-electron chi connectivity index (χ2n) is 5.62. The van der Waals surface area contributed by atoms with Crippen molar-refractivity contribution < 1.29 is 9.53 Å². The van der Waals surface area contributed by atoms with Crippen molar-refractivity contribution in [2.75, 3.05) is 12.4 Å². The molecular weight excluding hydrogens is 330 g/mol. The van der Waals surface area contributed by atoms with Crippen molar-refractivity contribution in [2.24, 2.45) is 0 Å². The molecule has 7 nitrogen and oxygen atoms in total. The molecule has 26 heavy (non-hydrogen) atoms. The third kappa shape index (κ3) is 4.05. The minimum absolute atomic E-state index is 0.405. The zero-order chi connectivity index (χ0) is 18.4. The van der Waals surface area contributed by atoms with Crippen LogP contribution in [0.25, 0.3) is 0 Å². The maximum atomic E-state index is 12.1. The summed E-state index contributed by atoms with van der Waals surface area (Å²) in [5, 5.41) is 16.3. The Morgan fingerprint density at radius 3 is 2.77 bits per heavy atom. The molecule has 0 saturated heterocycles. The molecule has 0 amide bonds. The average Bonchev–Trinajstić information content (AvgIpc) is 3.14. The Bertz CT molecular complexity index is 913. The highest BCUT2D eigenvalue weighted by Gasteiger charge is 2.22. The van der Waals surface area contributed by atoms with Crippen LogP contribution in [0.15, 0.2) is 61.2 Å². The number of hydrogen-bond donors (Lipinski definition) is 1. The Labute approximate surface area is 150 Å². The zero-order valence-electron chi connectivity index (χ0n) is 14.2. The molecule has 130 valence electrons. The number of nitriles is 1. The van der Waals surface area contributed by atoms with E-state index in [1.54, 1.807) is 41.5 Å². The maximum absolute atomic E-state index is 12.1. The topological polar surface area (TPSA) is 92.8 Å². The molecule has 0 aliphatic heterocycles. The molecule has 1 N–H and O–H groups in total. The molecule has 1 atom stereocenters. The van der Waals surface area contributed by atoms with Crippen molar-refractivity contribution >= 4 is 11.7 Å². The van der Waals surface area contributed by atoms with Crippen LogP contribution in [0.5, 0.6) is 0 Å². The van der Waals surface area contributed by atoms with Gasteiger partial charge in [0.05, 0.1) is 37.2 Å². The van der Waals surface area contributed by atoms with Gasteiger partial charge in [-0.1, -0.05) is 18.2 Å². The molecule has 1 unspecified atom stereocenters. The molecule has 2 heterocycles. The summed E-state index contributed by atoms with van der Waals surface area (Å²) in [6.45, 7) is 0.559. The standard InChI is InChI=1S/C19H17N5O2/c1-26-19(25)18(16-3-2-8-21-10-16)23-17-11-22-24(13-17)12-15-6-4-14(9-20)5-7-15/h2-8,10-11,13,18,23H,12H2,1H3. The molecular formula is C19H17N5O2. The van der Waals surface area contributed by atoms with Gasteiger partial charge in [0.25, 0.3) is 0 Å². The number of nitrogens with one attached hydrogen (secondary N) is 1. The number of esters is 1. The SMILES string of the molecule is COC(=O)C(Nc1cnn(Cc2ccc(C#N)cc2)c1)c1cccnc1. The number of carbonyl (C=O) groups is 1. The van der Waals surface area contributed by atoms with E-state index >= 15 is 0 Å². The smallest absolute Gasteiger partial charge is 0.333 e. The number of hydrogen-bond acceptors (Lipinski definition) is 6. The summed E-state index contributed by atoms with van der Waals surface area (Å²) in [6.07, 6.45) is 6.73. The molecule has 0 bridgehead atoms. The monoisotopic (exact) mass is 347 g/mol. The van der Waals surface area contributed by atoms with Crippen LogP contribution in [0.3, 0.4) is 0 Å². The third-order valence-electron chi connectivity index (χ3n) is 3.83. The van der Waals surface area contributed by atoms with Crippen molar-refractivity contribution in [3.8, 4) is 6.07 Å². The van der Waals surface area contributed by atoms with Crippen LogP contribution in [-0.2, 0) is 16.1 Å². The van der Waals surface area contributed by atoms with Crippen LogP contribution < -0.4 is 5.32 Å². The Kier molecular flexibility index (Phi) is 5.25. The number of methoxy groups -OCH3 is 1. The van der Waals surface area contributed by atoms with Gasteiger partial charge in [-0.25, -0.2) is 4.79 Å². The van der Waals surface area contributed by atoms with Crippen molar-refractivity contribution in [1.29, 1.82) is 5.26 Å². The van der Waals surface area contributed by atoms with Crippen LogP contribution in [0.1, 0.15) is 22.7 Å². The third-order valence-corrected chi connectivity index (χ3v) is 3.83. The minimum Gasteiger partial charge on any atom is -0.467 e. The van der Waals surface area contributed by atoms with E-state index in [1.165, 1.54) is 7.11 Å². The fourth-order valence-electron chi connectivity index (χ4n) is 2.51. The fraction of sp³-hybridized carbons (Fsp3) is 0.158. The number of nitrogens with zero attached hydrogens (tertiary/aromatic N) is 4. The molecule has 3 aromatic rings. The van der Waals surface area contributed by atoms with Gasteiger partial charge in [-0.3, -0.25) is 9.67 Å². The van der Waals surface area contributed by atoms with Crippen molar-refractivity contribution in [3.05, 3.63) is 77.9 Å². The van der Waals surface area contributed by atoms with Crippen molar-refractivity contribution in [2.45, 2.75) is 12.6 Å². The molecule has 2 aromatic heterocycles. The number of aromatic nitrogens is 3. The van der Waals surface area contributed by atoms with E-state index in [0.29, 0.717) is 23.4 Å². The predicted molar refractivity (Wildman–Crippen MR) is 95.1 cm³/mol. The normalized spacial score (nSPS) is 11.4. The van der Waals surface area contributed by atoms with Gasteiger partial charge in [0.1, 0.15) is 0 Å². The highest BCUT2D eigenvalue weighted by Crippen LogP contribution is 2.20. The van der Waals surface area contributed by atoms with E-state index in [2.05, 4.69) is 21.5 Å². The van der Waals surface area contributed by atoms with Gasteiger partial charge >= 0.3 is 5.97 Å². The number of ether oxygens (including phenoxy) is 1. The van der Waals surface area contributed by atoms with Gasteiger partial charge in [0.2, 0.25) is 0 Å². The lowest BCUT2D eigenvalue weighted by Gasteiger charge is -2.16. The maximum Gasteiger partial charge on any atom is 0.333 e. The van der Waals surface area contributed by atoms with E-state index in [0.717, 1.165) is 5.56 Å². The summed E-state index contributed by atoms with van der Waals surface area (Å²) in [7, 11) is 1.35. The number of carbonyl (C=O) groups excluding carboxylic acids is 1. The first-order valence-corrected chi connectivity index (χ1v) is 7.95. The summed E-state index contributed by atoms with van der Waals surface area (Å²) in [5.74, 6) is -0.405. The van der Waals surface area contributed by atoms with Gasteiger partial charge in [0.15, 0.2) is 6.04 Å². The lowest BCUT2D eigenvalue weighted by molar-refractivity contribution is -0.141. The zero-order valence-corrected chi connectivity index (χ0v) is 14.2. The van der Waals surface area contributed by atoms with E-state index in [1.807, 2.05) is 24.4 Å². The largest absolute Gasteiger partial charge is 0.467 e. The van der Waals surface area contributed by atoms with Crippen molar-refractivity contribution in [3.63, 3.8) is 0 Å². The molecule has 7 heteroatoms. The Morgan fingerprint density at radius 2 is 2.12 bits per heavy atom. The predicted octanol–water partition coefficient (Wildman–Crippen LogP) is 2.52. The first-order valence-electron chi connectivity index (χ1n) is 7.95. The summed E-state index contributed by atoms with van der Waals surface area (Å²) in [6, 6.07) is 12.3. The molecule has 0 aliphatic carbocycles. The lowest BCUT2D eigenvalue weighted by atomic mass is 10.1. The first-order chi connectivity index (χ1) is 12.7. The van der Waals surface area contributed by atoms with Gasteiger partial charge < -0.3 is 10.1 Å². The minimum atomic E-state index is -0.665. The first kappa shape index (κ1) is 17.2. The van der Waals surface area contributed by atoms with Crippen LogP contribution in [0, 0.1) is 11.3 Å². The molecule has 3 rings (SSSR count). The number of pyridine rings is 1. The van der Waals surface area contributed by atoms with Crippen LogP contribution in [0.2, 0.25) is 0 Å². The van der Waals surface area contributed by atoms with Gasteiger partial charge in [0, 0.05) is 24.2 Å². The Balaban J connectivity index is 1.73. The van der Waals surface area contributed by atoms with E-state index in [-0.39, 0.29) is 0 Å². The lowest BCUT2D eigenvalue weighted by Crippen LogP contribution is -2.22. The van der Waals surface area contributed by atoms with Crippen molar-refractivity contribution in [1.82, 2.24) is 14.8 Å². The molecule has 0 fully saturated rings. The molecule has 0 radical (unpaired) electrons. The van der Waals surface area contributed by atoms with Crippen LogP contribution in [-0.4, -0.2) is 27.8 Å². The van der Waals surface area contributed by atoms with Crippen LogP contribution >= 0.6 is 0 Å². The highest BCUT2D eigenvalue weighted by molar-refractivity contribution is 5.80. The second-order valence-corrected chi connectivity index (χ2v) is 5.62.